The van der Waals surface area contributed by atoms with Crippen LogP contribution in [0.2, 0.25) is 0 Å². The first-order chi connectivity index (χ1) is 10.8. The van der Waals surface area contributed by atoms with Crippen molar-refractivity contribution >= 4 is 22.6 Å². The Bertz CT molecular complexity index is 315. The van der Waals surface area contributed by atoms with Gasteiger partial charge in [0.1, 0.15) is 6.54 Å². The second kappa shape index (κ2) is 13.6. The normalized spacial score (nSPS) is 16.5. The third-order valence-corrected chi connectivity index (χ3v) is 5.42. The molecule has 0 spiro atoms. The molecule has 1 aliphatic rings. The van der Waals surface area contributed by atoms with Gasteiger partial charge in [0.25, 0.3) is 0 Å². The minimum Gasteiger partial charge on any atom is -0.396 e. The van der Waals surface area contributed by atoms with E-state index in [-0.39, 0.29) is 0 Å². The van der Waals surface area contributed by atoms with Gasteiger partial charge in [-0.05, 0) is 29.1 Å². The molecule has 0 bridgehead atoms. The number of halogens is 1. The van der Waals surface area contributed by atoms with Crippen LogP contribution in [0.25, 0.3) is 0 Å². The van der Waals surface area contributed by atoms with Gasteiger partial charge < -0.3 is 9.59 Å². The summed E-state index contributed by atoms with van der Waals surface area (Å²) >= 11 is 2.17. The van der Waals surface area contributed by atoms with Gasteiger partial charge in [0.05, 0.1) is 19.6 Å². The van der Waals surface area contributed by atoms with E-state index < -0.39 is 0 Å². The summed E-state index contributed by atoms with van der Waals surface area (Å²) in [5, 5.41) is 8.72. The first kappa shape index (κ1) is 20.3. The van der Waals surface area contributed by atoms with Gasteiger partial charge in [-0.2, -0.15) is 0 Å². The summed E-state index contributed by atoms with van der Waals surface area (Å²) in [6.07, 6.45) is 16.1. The Labute approximate surface area is 151 Å². The molecule has 0 unspecified atom stereocenters. The van der Waals surface area contributed by atoms with E-state index in [0.29, 0.717) is 6.61 Å². The molecule has 1 fully saturated rings. The van der Waals surface area contributed by atoms with Crippen LogP contribution in [0.15, 0.2) is 0 Å². The number of hydrogen-bond donors (Lipinski definition) is 1. The minimum absolute atomic E-state index is 0.365. The second-order valence-electron chi connectivity index (χ2n) is 6.91. The summed E-state index contributed by atoms with van der Waals surface area (Å²) in [5.74, 6) is 3.31. The molecule has 3 heteroatoms. The van der Waals surface area contributed by atoms with E-state index >= 15 is 0 Å². The van der Waals surface area contributed by atoms with Crippen molar-refractivity contribution in [2.75, 3.05) is 32.8 Å². The SMILES string of the molecule is OCCCCCCCCCCCC[N+]1(CC#CI)CCCC1. The Balaban J connectivity index is 1.94. The number of unbranched alkanes of at least 4 members (excludes halogenated alkanes) is 9. The van der Waals surface area contributed by atoms with Crippen LogP contribution < -0.4 is 0 Å². The lowest BCUT2D eigenvalue weighted by atomic mass is 10.1. The molecule has 0 amide bonds. The Morgan fingerprint density at radius 3 is 1.77 bits per heavy atom. The van der Waals surface area contributed by atoms with E-state index in [1.807, 2.05) is 0 Å². The van der Waals surface area contributed by atoms with Crippen molar-refractivity contribution < 1.29 is 9.59 Å². The van der Waals surface area contributed by atoms with Crippen LogP contribution in [-0.2, 0) is 0 Å². The highest BCUT2D eigenvalue weighted by Crippen LogP contribution is 2.21. The molecule has 0 radical (unpaired) electrons. The molecule has 0 aliphatic carbocycles. The van der Waals surface area contributed by atoms with Crippen LogP contribution in [0.1, 0.15) is 77.0 Å². The fraction of sp³-hybridized carbons (Fsp3) is 0.895. The van der Waals surface area contributed by atoms with Crippen LogP contribution in [0.4, 0.5) is 0 Å². The fourth-order valence-corrected chi connectivity index (χ4v) is 3.81. The first-order valence-corrected chi connectivity index (χ1v) is 10.5. The highest BCUT2D eigenvalue weighted by molar-refractivity contribution is 14.1. The molecule has 0 aromatic rings. The zero-order chi connectivity index (χ0) is 15.9. The molecular formula is C19H35INO+. The summed E-state index contributed by atoms with van der Waals surface area (Å²) in [5.41, 5.74) is 0. The topological polar surface area (TPSA) is 20.2 Å². The maximum absolute atomic E-state index is 8.72. The van der Waals surface area contributed by atoms with Crippen LogP contribution in [-0.4, -0.2) is 42.4 Å². The predicted octanol–water partition coefficient (Wildman–Crippen LogP) is 4.89. The largest absolute Gasteiger partial charge is 0.396 e. The maximum Gasteiger partial charge on any atom is 0.141 e. The van der Waals surface area contributed by atoms with Gasteiger partial charge in [-0.3, -0.25) is 0 Å². The van der Waals surface area contributed by atoms with E-state index in [9.17, 15) is 0 Å². The van der Waals surface area contributed by atoms with Crippen LogP contribution >= 0.6 is 22.6 Å². The molecule has 0 saturated carbocycles. The molecule has 0 aromatic carbocycles. The van der Waals surface area contributed by atoms with Crippen LogP contribution in [0, 0.1) is 9.85 Å². The van der Waals surface area contributed by atoms with E-state index in [2.05, 4.69) is 32.4 Å². The number of quaternary nitrogens is 1. The summed E-state index contributed by atoms with van der Waals surface area (Å²) in [7, 11) is 0. The summed E-state index contributed by atoms with van der Waals surface area (Å²) < 4.78 is 4.33. The van der Waals surface area contributed by atoms with Crippen molar-refractivity contribution in [1.82, 2.24) is 0 Å². The van der Waals surface area contributed by atoms with Crippen molar-refractivity contribution in [1.29, 1.82) is 0 Å². The molecule has 1 heterocycles. The number of hydrogen-bond acceptors (Lipinski definition) is 1. The molecule has 1 aliphatic heterocycles. The molecule has 22 heavy (non-hydrogen) atoms. The third-order valence-electron chi connectivity index (χ3n) is 5.04. The van der Waals surface area contributed by atoms with Crippen molar-refractivity contribution in [2.45, 2.75) is 77.0 Å². The molecule has 2 nitrogen and oxygen atoms in total. The zero-order valence-corrected chi connectivity index (χ0v) is 16.5. The minimum atomic E-state index is 0.365. The lowest BCUT2D eigenvalue weighted by Crippen LogP contribution is -2.46. The Kier molecular flexibility index (Phi) is 12.5. The lowest BCUT2D eigenvalue weighted by Gasteiger charge is -2.32. The number of aliphatic hydroxyl groups is 1. The average Bonchev–Trinajstić information content (AvgIpc) is 3.00. The van der Waals surface area contributed by atoms with Gasteiger partial charge >= 0.3 is 0 Å². The molecule has 128 valence electrons. The Morgan fingerprint density at radius 1 is 0.773 bits per heavy atom. The number of likely N-dealkylation sites (tertiary alicyclic amines) is 1. The second-order valence-corrected chi connectivity index (χ2v) is 7.45. The van der Waals surface area contributed by atoms with Crippen LogP contribution in [0.3, 0.4) is 0 Å². The van der Waals surface area contributed by atoms with E-state index in [1.54, 1.807) is 0 Å². The highest BCUT2D eigenvalue weighted by Gasteiger charge is 2.30. The van der Waals surface area contributed by atoms with Gasteiger partial charge in [0.15, 0.2) is 0 Å². The van der Waals surface area contributed by atoms with Crippen molar-refractivity contribution in [3.63, 3.8) is 0 Å². The molecular weight excluding hydrogens is 385 g/mol. The quantitative estimate of drug-likeness (QED) is 0.195. The van der Waals surface area contributed by atoms with Gasteiger partial charge in [0, 0.05) is 42.0 Å². The molecule has 0 aromatic heterocycles. The number of nitrogens with zero attached hydrogens (tertiary/aromatic N) is 1. The van der Waals surface area contributed by atoms with E-state index in [4.69, 9.17) is 5.11 Å². The standard InChI is InChI=1S/C19H35INO/c20-14-13-18-21(16-10-11-17-21)15-9-7-5-3-1-2-4-6-8-12-19-22/h22H,1-12,15-19H2/q+1. The summed E-state index contributed by atoms with van der Waals surface area (Å²) in [6.45, 7) is 5.52. The summed E-state index contributed by atoms with van der Waals surface area (Å²) in [4.78, 5) is 0. The molecule has 0 atom stereocenters. The first-order valence-electron chi connectivity index (χ1n) is 9.37. The molecule has 1 N–H and O–H groups in total. The van der Waals surface area contributed by atoms with Crippen molar-refractivity contribution in [3.8, 4) is 9.85 Å². The maximum atomic E-state index is 8.72. The van der Waals surface area contributed by atoms with E-state index in [1.165, 1.54) is 94.7 Å². The summed E-state index contributed by atoms with van der Waals surface area (Å²) in [6, 6.07) is 0. The van der Waals surface area contributed by atoms with E-state index in [0.717, 1.165) is 13.0 Å². The molecule has 1 rings (SSSR count). The van der Waals surface area contributed by atoms with Gasteiger partial charge in [-0.25, -0.2) is 0 Å². The third kappa shape index (κ3) is 9.37. The number of rotatable bonds is 13. The Hall–Kier alpha value is 0.210. The Morgan fingerprint density at radius 2 is 1.27 bits per heavy atom. The zero-order valence-electron chi connectivity index (χ0n) is 14.3. The fourth-order valence-electron chi connectivity index (χ4n) is 3.64. The number of aliphatic hydroxyl groups excluding tert-OH is 1. The van der Waals surface area contributed by atoms with Gasteiger partial charge in [-0.15, -0.1) is 0 Å². The average molecular weight is 420 g/mol. The van der Waals surface area contributed by atoms with Crippen molar-refractivity contribution in [3.05, 3.63) is 0 Å². The van der Waals surface area contributed by atoms with Crippen molar-refractivity contribution in [2.24, 2.45) is 0 Å². The van der Waals surface area contributed by atoms with Gasteiger partial charge in [-0.1, -0.05) is 44.9 Å². The molecule has 1 saturated heterocycles. The van der Waals surface area contributed by atoms with Gasteiger partial charge in [0.2, 0.25) is 0 Å². The smallest absolute Gasteiger partial charge is 0.141 e. The highest BCUT2D eigenvalue weighted by atomic mass is 127. The van der Waals surface area contributed by atoms with Crippen LogP contribution in [0.5, 0.6) is 0 Å². The monoisotopic (exact) mass is 420 g/mol. The lowest BCUT2D eigenvalue weighted by molar-refractivity contribution is -0.910. The predicted molar refractivity (Wildman–Crippen MR) is 104 cm³/mol.